The van der Waals surface area contributed by atoms with E-state index in [9.17, 15) is 14.4 Å². The van der Waals surface area contributed by atoms with Crippen LogP contribution in [0.2, 0.25) is 0 Å². The predicted octanol–water partition coefficient (Wildman–Crippen LogP) is -0.662. The molecule has 0 aliphatic heterocycles. The molecule has 1 unspecified atom stereocenters. The molecule has 0 aliphatic carbocycles. The molecule has 0 aromatic heterocycles. The number of nitrogens with one attached hydrogen (secondary N) is 2. The van der Waals surface area contributed by atoms with Gasteiger partial charge in [0.2, 0.25) is 0 Å². The van der Waals surface area contributed by atoms with Gasteiger partial charge in [-0.3, -0.25) is 4.79 Å². The van der Waals surface area contributed by atoms with Crippen LogP contribution in [0.25, 0.3) is 0 Å². The lowest BCUT2D eigenvalue weighted by atomic mass is 10.1. The number of carboxylic acids is 1. The van der Waals surface area contributed by atoms with E-state index in [1.807, 2.05) is 0 Å². The number of carbonyl (C=O) groups is 3. The summed E-state index contributed by atoms with van der Waals surface area (Å²) < 4.78 is 9.11. The summed E-state index contributed by atoms with van der Waals surface area (Å²) in [4.78, 5) is 32.9. The van der Waals surface area contributed by atoms with Crippen molar-refractivity contribution >= 4 is 18.0 Å². The van der Waals surface area contributed by atoms with Crippen LogP contribution in [-0.4, -0.2) is 56.5 Å². The molecule has 1 atom stereocenters. The Hall–Kier alpha value is -1.83. The maximum atomic E-state index is 11.3. The molecule has 0 aromatic carbocycles. The number of methoxy groups -OCH3 is 2. The molecule has 0 aromatic rings. The maximum Gasteiger partial charge on any atom is 0.326 e. The summed E-state index contributed by atoms with van der Waals surface area (Å²) in [6.07, 6.45) is 0.750. The van der Waals surface area contributed by atoms with E-state index in [1.54, 1.807) is 0 Å². The number of carbonyl (C=O) groups excluding carboxylic acids is 2. The fourth-order valence-electron chi connectivity index (χ4n) is 1.12. The third kappa shape index (κ3) is 7.44. The van der Waals surface area contributed by atoms with Gasteiger partial charge in [0.25, 0.3) is 0 Å². The minimum Gasteiger partial charge on any atom is -0.480 e. The topological polar surface area (TPSA) is 114 Å². The van der Waals surface area contributed by atoms with Gasteiger partial charge < -0.3 is 25.2 Å². The number of carboxylic acid groups (broad SMARTS) is 1. The van der Waals surface area contributed by atoms with Crippen molar-refractivity contribution in [1.82, 2.24) is 10.6 Å². The zero-order valence-corrected chi connectivity index (χ0v) is 10.4. The van der Waals surface area contributed by atoms with Gasteiger partial charge in [0, 0.05) is 13.7 Å². The number of rotatable bonds is 8. The summed E-state index contributed by atoms with van der Waals surface area (Å²) in [5.41, 5.74) is 0. The van der Waals surface area contributed by atoms with Crippen molar-refractivity contribution in [3.63, 3.8) is 0 Å². The number of ether oxygens (including phenoxy) is 2. The molecule has 2 amide bonds. The number of amides is 2. The molecule has 8 nitrogen and oxygen atoms in total. The minimum atomic E-state index is -1.14. The highest BCUT2D eigenvalue weighted by molar-refractivity contribution is 5.84. The van der Waals surface area contributed by atoms with Gasteiger partial charge in [-0.1, -0.05) is 0 Å². The van der Waals surface area contributed by atoms with Crippen LogP contribution in [0.1, 0.15) is 12.8 Å². The van der Waals surface area contributed by atoms with Gasteiger partial charge in [-0.2, -0.15) is 0 Å². The molecule has 104 valence electrons. The molecule has 0 rings (SSSR count). The Morgan fingerprint density at radius 1 is 1.28 bits per heavy atom. The fourth-order valence-corrected chi connectivity index (χ4v) is 1.12. The smallest absolute Gasteiger partial charge is 0.326 e. The highest BCUT2D eigenvalue weighted by atomic mass is 16.5. The van der Waals surface area contributed by atoms with Crippen LogP contribution in [0.15, 0.2) is 0 Å². The Kier molecular flexibility index (Phi) is 8.29. The van der Waals surface area contributed by atoms with E-state index in [1.165, 1.54) is 14.2 Å². The summed E-state index contributed by atoms with van der Waals surface area (Å²) >= 11 is 0. The second-order valence-corrected chi connectivity index (χ2v) is 3.43. The van der Waals surface area contributed by atoms with Crippen molar-refractivity contribution in [1.29, 1.82) is 0 Å². The first kappa shape index (κ1) is 16.2. The third-order valence-corrected chi connectivity index (χ3v) is 2.07. The van der Waals surface area contributed by atoms with E-state index in [0.29, 0.717) is 13.0 Å². The Labute approximate surface area is 105 Å². The van der Waals surface area contributed by atoms with Gasteiger partial charge in [-0.15, -0.1) is 0 Å². The quantitative estimate of drug-likeness (QED) is 0.395. The van der Waals surface area contributed by atoms with E-state index < -0.39 is 24.0 Å². The average molecular weight is 262 g/mol. The van der Waals surface area contributed by atoms with Crippen LogP contribution < -0.4 is 10.6 Å². The molecule has 0 saturated carbocycles. The van der Waals surface area contributed by atoms with Gasteiger partial charge in [0.1, 0.15) is 12.6 Å². The molecule has 18 heavy (non-hydrogen) atoms. The average Bonchev–Trinajstić information content (AvgIpc) is 2.34. The maximum absolute atomic E-state index is 11.3. The van der Waals surface area contributed by atoms with Gasteiger partial charge in [0.15, 0.2) is 0 Å². The lowest BCUT2D eigenvalue weighted by Gasteiger charge is -2.14. The summed E-state index contributed by atoms with van der Waals surface area (Å²) in [7, 11) is 2.69. The normalized spacial score (nSPS) is 11.4. The molecular weight excluding hydrogens is 244 g/mol. The lowest BCUT2D eigenvalue weighted by Crippen LogP contribution is -2.47. The van der Waals surface area contributed by atoms with E-state index in [2.05, 4.69) is 15.4 Å². The molecule has 0 saturated heterocycles. The SMILES string of the molecule is COCCCC(NC(=O)NCC(=O)OC)C(=O)O. The molecule has 0 radical (unpaired) electrons. The molecule has 3 N–H and O–H groups in total. The van der Waals surface area contributed by atoms with Gasteiger partial charge in [-0.05, 0) is 12.8 Å². The zero-order chi connectivity index (χ0) is 14.0. The number of urea groups is 1. The van der Waals surface area contributed by atoms with Crippen LogP contribution >= 0.6 is 0 Å². The second-order valence-electron chi connectivity index (χ2n) is 3.43. The molecule has 0 bridgehead atoms. The number of aliphatic carboxylic acids is 1. The van der Waals surface area contributed by atoms with Crippen LogP contribution in [0.4, 0.5) is 4.79 Å². The van der Waals surface area contributed by atoms with Crippen molar-refractivity contribution in [2.24, 2.45) is 0 Å². The highest BCUT2D eigenvalue weighted by Crippen LogP contribution is 1.98. The Morgan fingerprint density at radius 3 is 2.44 bits per heavy atom. The highest BCUT2D eigenvalue weighted by Gasteiger charge is 2.19. The first-order chi connectivity index (χ1) is 8.51. The predicted molar refractivity (Wildman–Crippen MR) is 61.1 cm³/mol. The molecule has 8 heteroatoms. The lowest BCUT2D eigenvalue weighted by molar-refractivity contribution is -0.139. The van der Waals surface area contributed by atoms with Crippen LogP contribution in [-0.2, 0) is 19.1 Å². The first-order valence-electron chi connectivity index (χ1n) is 5.34. The van der Waals surface area contributed by atoms with Crippen molar-refractivity contribution in [3.05, 3.63) is 0 Å². The van der Waals surface area contributed by atoms with E-state index in [4.69, 9.17) is 9.84 Å². The van der Waals surface area contributed by atoms with Crippen LogP contribution in [0, 0.1) is 0 Å². The summed E-state index contributed by atoms with van der Waals surface area (Å²) in [5, 5.41) is 13.3. The monoisotopic (exact) mass is 262 g/mol. The third-order valence-electron chi connectivity index (χ3n) is 2.07. The van der Waals surface area contributed by atoms with Gasteiger partial charge in [-0.25, -0.2) is 9.59 Å². The van der Waals surface area contributed by atoms with Gasteiger partial charge >= 0.3 is 18.0 Å². The summed E-state index contributed by atoms with van der Waals surface area (Å²) in [6.45, 7) is 0.0992. The summed E-state index contributed by atoms with van der Waals surface area (Å²) in [5.74, 6) is -1.75. The minimum absolute atomic E-state index is 0.245. The molecular formula is C10H18N2O6. The van der Waals surface area contributed by atoms with Crippen molar-refractivity contribution in [2.45, 2.75) is 18.9 Å². The summed E-state index contributed by atoms with van der Waals surface area (Å²) in [6, 6.07) is -1.75. The van der Waals surface area contributed by atoms with Crippen molar-refractivity contribution < 1.29 is 29.0 Å². The first-order valence-corrected chi connectivity index (χ1v) is 5.34. The van der Waals surface area contributed by atoms with E-state index in [-0.39, 0.29) is 13.0 Å². The number of hydrogen-bond acceptors (Lipinski definition) is 5. The van der Waals surface area contributed by atoms with Crippen LogP contribution in [0.5, 0.6) is 0 Å². The Bertz CT molecular complexity index is 294. The molecule has 0 fully saturated rings. The van der Waals surface area contributed by atoms with E-state index in [0.717, 1.165) is 0 Å². The van der Waals surface area contributed by atoms with Crippen molar-refractivity contribution in [2.75, 3.05) is 27.4 Å². The van der Waals surface area contributed by atoms with Crippen LogP contribution in [0.3, 0.4) is 0 Å². The second kappa shape index (κ2) is 9.23. The zero-order valence-electron chi connectivity index (χ0n) is 10.4. The Balaban J connectivity index is 4.03. The largest absolute Gasteiger partial charge is 0.480 e. The standard InChI is InChI=1S/C10H18N2O6/c1-17-5-3-4-7(9(14)15)12-10(16)11-6-8(13)18-2/h7H,3-6H2,1-2H3,(H,14,15)(H2,11,12,16). The molecule has 0 heterocycles. The molecule has 0 aliphatic rings. The Morgan fingerprint density at radius 2 is 1.94 bits per heavy atom. The number of esters is 1. The number of hydrogen-bond donors (Lipinski definition) is 3. The molecule has 0 spiro atoms. The fraction of sp³-hybridized carbons (Fsp3) is 0.700. The van der Waals surface area contributed by atoms with E-state index >= 15 is 0 Å². The van der Waals surface area contributed by atoms with Gasteiger partial charge in [0.05, 0.1) is 7.11 Å². The van der Waals surface area contributed by atoms with Crippen molar-refractivity contribution in [3.8, 4) is 0 Å².